The molecule has 2 amide bonds. The van der Waals surface area contributed by atoms with Crippen molar-refractivity contribution in [3.05, 3.63) is 59.7 Å². The first-order chi connectivity index (χ1) is 16.3. The molecule has 2 aromatic rings. The summed E-state index contributed by atoms with van der Waals surface area (Å²) in [6.45, 7) is 5.98. The predicted octanol–water partition coefficient (Wildman–Crippen LogP) is 4.88. The number of carbonyl (C=O) groups excluding carboxylic acids is 3. The maximum Gasteiger partial charge on any atom is 0.408 e. The van der Waals surface area contributed by atoms with Crippen LogP contribution in [0, 0.1) is 0 Å². The minimum absolute atomic E-state index is 0.0508. The summed E-state index contributed by atoms with van der Waals surface area (Å²) in [6.07, 6.45) is 1.30. The first-order valence-corrected chi connectivity index (χ1v) is 11.4. The van der Waals surface area contributed by atoms with Gasteiger partial charge in [-0.25, -0.2) is 14.4 Å². The van der Waals surface area contributed by atoms with E-state index in [2.05, 4.69) is 27.8 Å². The number of isocyanates is 1. The maximum absolute atomic E-state index is 12.4. The third-order valence-electron chi connectivity index (χ3n) is 5.41. The monoisotopic (exact) mass is 465 g/mol. The van der Waals surface area contributed by atoms with Gasteiger partial charge in [-0.05, 0) is 62.3 Å². The van der Waals surface area contributed by atoms with Crippen LogP contribution >= 0.6 is 0 Å². The van der Waals surface area contributed by atoms with Gasteiger partial charge in [0, 0.05) is 12.5 Å². The summed E-state index contributed by atoms with van der Waals surface area (Å²) in [5.74, 6) is -0.0508. The Labute approximate surface area is 199 Å². The highest BCUT2D eigenvalue weighted by molar-refractivity contribution is 5.79. The highest BCUT2D eigenvalue weighted by Crippen LogP contribution is 2.44. The molecule has 1 aliphatic rings. The van der Waals surface area contributed by atoms with Crippen molar-refractivity contribution in [3.8, 4) is 11.1 Å². The Bertz CT molecular complexity index is 1010. The minimum atomic E-state index is -0.741. The van der Waals surface area contributed by atoms with Crippen LogP contribution < -0.4 is 10.6 Å². The number of nitrogens with zero attached hydrogens (tertiary/aromatic N) is 1. The quantitative estimate of drug-likeness (QED) is 0.312. The van der Waals surface area contributed by atoms with Gasteiger partial charge in [-0.15, -0.1) is 0 Å². The summed E-state index contributed by atoms with van der Waals surface area (Å²) in [6, 6.07) is 16.2. The number of hydrogen-bond acceptors (Lipinski definition) is 6. The number of amides is 2. The SMILES string of the molecule is CC(C)(C)OC(=O)NCCCC[C@@H](N=C=O)NC(=O)OCC1c2ccccc2-c2ccccc21. The molecule has 0 aliphatic heterocycles. The number of benzene rings is 2. The lowest BCUT2D eigenvalue weighted by Gasteiger charge is -2.19. The second-order valence-electron chi connectivity index (χ2n) is 9.13. The fourth-order valence-corrected chi connectivity index (χ4v) is 3.98. The number of fused-ring (bicyclic) bond motifs is 3. The predicted molar refractivity (Wildman–Crippen MR) is 128 cm³/mol. The molecule has 2 N–H and O–H groups in total. The zero-order valence-electron chi connectivity index (χ0n) is 19.8. The minimum Gasteiger partial charge on any atom is -0.449 e. The number of aliphatic imine (C=N–C) groups is 1. The Kier molecular flexibility index (Phi) is 8.44. The topological polar surface area (TPSA) is 106 Å². The van der Waals surface area contributed by atoms with Gasteiger partial charge in [-0.2, -0.15) is 4.99 Å². The molecule has 1 aliphatic carbocycles. The fourth-order valence-electron chi connectivity index (χ4n) is 3.98. The molecule has 0 spiro atoms. The molecule has 0 aromatic heterocycles. The van der Waals surface area contributed by atoms with Gasteiger partial charge in [0.15, 0.2) is 0 Å². The molecule has 3 rings (SSSR count). The van der Waals surface area contributed by atoms with Crippen LogP contribution in [0.15, 0.2) is 53.5 Å². The Morgan fingerprint density at radius 3 is 2.21 bits per heavy atom. The molecule has 0 radical (unpaired) electrons. The van der Waals surface area contributed by atoms with Crippen molar-refractivity contribution >= 4 is 18.3 Å². The molecule has 0 heterocycles. The fraction of sp³-hybridized carbons (Fsp3) is 0.423. The third kappa shape index (κ3) is 6.93. The van der Waals surface area contributed by atoms with E-state index in [9.17, 15) is 14.4 Å². The lowest BCUT2D eigenvalue weighted by molar-refractivity contribution is 0.0527. The molecular weight excluding hydrogens is 434 g/mol. The molecule has 0 saturated heterocycles. The average Bonchev–Trinajstić information content (AvgIpc) is 3.10. The van der Waals surface area contributed by atoms with Gasteiger partial charge in [-0.3, -0.25) is 5.32 Å². The molecule has 0 saturated carbocycles. The molecule has 8 heteroatoms. The van der Waals surface area contributed by atoms with Crippen molar-refractivity contribution in [1.29, 1.82) is 0 Å². The molecule has 34 heavy (non-hydrogen) atoms. The van der Waals surface area contributed by atoms with Crippen LogP contribution in [0.4, 0.5) is 9.59 Å². The van der Waals surface area contributed by atoms with Crippen LogP contribution in [0.5, 0.6) is 0 Å². The number of carbonyl (C=O) groups is 2. The van der Waals surface area contributed by atoms with E-state index in [0.717, 1.165) is 22.3 Å². The van der Waals surface area contributed by atoms with E-state index >= 15 is 0 Å². The van der Waals surface area contributed by atoms with Crippen molar-refractivity contribution in [1.82, 2.24) is 10.6 Å². The van der Waals surface area contributed by atoms with Crippen LogP contribution in [-0.2, 0) is 14.3 Å². The van der Waals surface area contributed by atoms with Crippen LogP contribution in [-0.4, -0.2) is 43.2 Å². The highest BCUT2D eigenvalue weighted by Gasteiger charge is 2.29. The van der Waals surface area contributed by atoms with E-state index in [4.69, 9.17) is 9.47 Å². The van der Waals surface area contributed by atoms with E-state index in [1.54, 1.807) is 20.8 Å². The smallest absolute Gasteiger partial charge is 0.408 e. The van der Waals surface area contributed by atoms with E-state index in [0.29, 0.717) is 25.8 Å². The summed E-state index contributed by atoms with van der Waals surface area (Å²) in [7, 11) is 0. The maximum atomic E-state index is 12.4. The molecule has 8 nitrogen and oxygen atoms in total. The van der Waals surface area contributed by atoms with Gasteiger partial charge in [0.05, 0.1) is 0 Å². The Balaban J connectivity index is 1.46. The van der Waals surface area contributed by atoms with Crippen molar-refractivity contribution in [3.63, 3.8) is 0 Å². The van der Waals surface area contributed by atoms with Gasteiger partial charge in [-0.1, -0.05) is 48.5 Å². The van der Waals surface area contributed by atoms with Crippen molar-refractivity contribution < 1.29 is 23.9 Å². The molecule has 1 atom stereocenters. The molecule has 180 valence electrons. The Morgan fingerprint density at radius 2 is 1.62 bits per heavy atom. The van der Waals surface area contributed by atoms with E-state index in [1.165, 1.54) is 6.08 Å². The molecule has 0 fully saturated rings. The van der Waals surface area contributed by atoms with Gasteiger partial charge in [0.1, 0.15) is 18.4 Å². The van der Waals surface area contributed by atoms with Crippen LogP contribution in [0.2, 0.25) is 0 Å². The van der Waals surface area contributed by atoms with Crippen molar-refractivity contribution in [2.24, 2.45) is 4.99 Å². The van der Waals surface area contributed by atoms with Crippen LogP contribution in [0.25, 0.3) is 11.1 Å². The number of ether oxygens (including phenoxy) is 2. The molecule has 0 bridgehead atoms. The molecular formula is C26H31N3O5. The zero-order chi connectivity index (χ0) is 24.6. The summed E-state index contributed by atoms with van der Waals surface area (Å²) in [5, 5.41) is 5.29. The van der Waals surface area contributed by atoms with Gasteiger partial charge in [0.2, 0.25) is 6.08 Å². The van der Waals surface area contributed by atoms with Gasteiger partial charge < -0.3 is 14.8 Å². The lowest BCUT2D eigenvalue weighted by atomic mass is 9.98. The number of alkyl carbamates (subject to hydrolysis) is 2. The number of rotatable bonds is 9. The van der Waals surface area contributed by atoms with E-state index in [-0.39, 0.29) is 12.5 Å². The summed E-state index contributed by atoms with van der Waals surface area (Å²) < 4.78 is 10.7. The molecule has 0 unspecified atom stereocenters. The normalized spacial score (nSPS) is 13.1. The summed E-state index contributed by atoms with van der Waals surface area (Å²) in [5.41, 5.74) is 3.99. The van der Waals surface area contributed by atoms with Crippen LogP contribution in [0.3, 0.4) is 0 Å². The third-order valence-corrected chi connectivity index (χ3v) is 5.41. The molecule has 2 aromatic carbocycles. The van der Waals surface area contributed by atoms with E-state index < -0.39 is 24.0 Å². The van der Waals surface area contributed by atoms with Crippen molar-refractivity contribution in [2.75, 3.05) is 13.2 Å². The lowest BCUT2D eigenvalue weighted by Crippen LogP contribution is -2.35. The summed E-state index contributed by atoms with van der Waals surface area (Å²) in [4.78, 5) is 38.5. The standard InChI is InChI=1S/C26H31N3O5/c1-26(2,3)34-24(31)27-15-9-8-14-23(28-17-30)29-25(32)33-16-22-20-12-6-4-10-18(20)19-11-5-7-13-21(19)22/h4-7,10-13,22-23H,8-9,14-16H2,1-3H3,(H,27,31)(H,29,32)/t23-/m0/s1. The number of unbranched alkanes of at least 4 members (excludes halogenated alkanes) is 1. The number of hydrogen-bond donors (Lipinski definition) is 2. The summed E-state index contributed by atoms with van der Waals surface area (Å²) >= 11 is 0. The first kappa shape index (κ1) is 25.0. The second kappa shape index (κ2) is 11.5. The van der Waals surface area contributed by atoms with Gasteiger partial charge in [0.25, 0.3) is 0 Å². The zero-order valence-corrected chi connectivity index (χ0v) is 19.8. The first-order valence-electron chi connectivity index (χ1n) is 11.4. The van der Waals surface area contributed by atoms with Crippen LogP contribution in [0.1, 0.15) is 57.1 Å². The largest absolute Gasteiger partial charge is 0.449 e. The second-order valence-corrected chi connectivity index (χ2v) is 9.13. The highest BCUT2D eigenvalue weighted by atomic mass is 16.6. The van der Waals surface area contributed by atoms with Gasteiger partial charge >= 0.3 is 12.2 Å². The Morgan fingerprint density at radius 1 is 1.00 bits per heavy atom. The number of nitrogens with one attached hydrogen (secondary N) is 2. The van der Waals surface area contributed by atoms with Crippen molar-refractivity contribution in [2.45, 2.75) is 57.7 Å². The Hall–Kier alpha value is -3.64. The van der Waals surface area contributed by atoms with E-state index in [1.807, 2.05) is 36.4 Å². The average molecular weight is 466 g/mol.